The van der Waals surface area contributed by atoms with Gasteiger partial charge in [-0.25, -0.2) is 9.48 Å². The highest BCUT2D eigenvalue weighted by Gasteiger charge is 2.35. The van der Waals surface area contributed by atoms with E-state index >= 15 is 0 Å². The molecule has 4 rings (SSSR count). The maximum absolute atomic E-state index is 13.2. The number of carbonyl (C=O) groups is 1. The molecule has 2 aromatic carbocycles. The minimum absolute atomic E-state index is 0.329. The van der Waals surface area contributed by atoms with Crippen molar-refractivity contribution in [3.63, 3.8) is 0 Å². The Morgan fingerprint density at radius 3 is 2.54 bits per heavy atom. The molecule has 0 radical (unpaired) electrons. The Morgan fingerprint density at radius 2 is 1.81 bits per heavy atom. The number of hydrogen-bond donors (Lipinski definition) is 1. The highest BCUT2D eigenvalue weighted by molar-refractivity contribution is 7.99. The number of fused-ring (bicyclic) bond motifs is 1. The lowest BCUT2D eigenvalue weighted by Crippen LogP contribution is -2.29. The average molecular weight is 521 g/mol. The summed E-state index contributed by atoms with van der Waals surface area (Å²) in [5, 5.41) is 8.76. The molecule has 37 heavy (non-hydrogen) atoms. The quantitative estimate of drug-likeness (QED) is 0.162. The summed E-state index contributed by atoms with van der Waals surface area (Å²) < 4.78 is 13.5. The summed E-state index contributed by atoms with van der Waals surface area (Å²) in [6.07, 6.45) is 4.01. The van der Waals surface area contributed by atoms with Crippen LogP contribution in [0.1, 0.15) is 69.2 Å². The Morgan fingerprint density at radius 1 is 1.05 bits per heavy atom. The molecule has 3 aromatic rings. The Labute approximate surface area is 223 Å². The van der Waals surface area contributed by atoms with E-state index in [1.165, 1.54) is 5.56 Å². The molecule has 0 saturated heterocycles. The normalized spacial score (nSPS) is 14.8. The van der Waals surface area contributed by atoms with E-state index in [0.29, 0.717) is 29.9 Å². The van der Waals surface area contributed by atoms with Crippen LogP contribution in [0.2, 0.25) is 0 Å². The van der Waals surface area contributed by atoms with Crippen LogP contribution in [-0.2, 0) is 16.1 Å². The molecule has 1 unspecified atom stereocenters. The second-order valence-electron chi connectivity index (χ2n) is 9.20. The molecule has 0 aliphatic carbocycles. The van der Waals surface area contributed by atoms with Gasteiger partial charge in [0.25, 0.3) is 0 Å². The number of nitrogens with zero attached hydrogens (tertiary/aromatic N) is 3. The zero-order valence-corrected chi connectivity index (χ0v) is 22.9. The first-order valence-corrected chi connectivity index (χ1v) is 14.0. The molecule has 1 aromatic heterocycles. The summed E-state index contributed by atoms with van der Waals surface area (Å²) in [7, 11) is 0. The van der Waals surface area contributed by atoms with Crippen molar-refractivity contribution in [2.45, 2.75) is 71.2 Å². The molecule has 1 aliphatic heterocycles. The first kappa shape index (κ1) is 26.8. The fourth-order valence-electron chi connectivity index (χ4n) is 4.14. The van der Waals surface area contributed by atoms with Crippen LogP contribution < -0.4 is 10.1 Å². The van der Waals surface area contributed by atoms with Gasteiger partial charge in [0, 0.05) is 11.4 Å². The monoisotopic (exact) mass is 520 g/mol. The van der Waals surface area contributed by atoms with Gasteiger partial charge < -0.3 is 14.8 Å². The van der Waals surface area contributed by atoms with Crippen LogP contribution in [-0.4, -0.2) is 33.1 Å². The summed E-state index contributed by atoms with van der Waals surface area (Å²) in [4.78, 5) is 17.9. The van der Waals surface area contributed by atoms with Crippen molar-refractivity contribution in [2.75, 3.05) is 17.7 Å². The first-order valence-electron chi connectivity index (χ1n) is 13.0. The number of unbranched alkanes of at least 4 members (excludes halogenated alkanes) is 2. The highest BCUT2D eigenvalue weighted by atomic mass is 32.2. The van der Waals surface area contributed by atoms with Crippen LogP contribution in [0.15, 0.2) is 65.0 Å². The molecule has 2 heterocycles. The van der Waals surface area contributed by atoms with Crippen molar-refractivity contribution in [1.29, 1.82) is 0 Å². The van der Waals surface area contributed by atoms with Crippen LogP contribution >= 0.6 is 11.8 Å². The molecule has 0 amide bonds. The molecular formula is C29H36N4O3S. The molecule has 0 bridgehead atoms. The highest BCUT2D eigenvalue weighted by Crippen LogP contribution is 2.37. The number of aromatic nitrogens is 3. The second kappa shape index (κ2) is 12.8. The average Bonchev–Trinajstić information content (AvgIpc) is 3.30. The molecule has 7 nitrogen and oxygen atoms in total. The fourth-order valence-corrected chi connectivity index (χ4v) is 5.05. The molecule has 196 valence electrons. The molecule has 0 spiro atoms. The van der Waals surface area contributed by atoms with Gasteiger partial charge in [-0.2, -0.15) is 4.98 Å². The van der Waals surface area contributed by atoms with E-state index in [-0.39, 0.29) is 5.97 Å². The molecule has 0 saturated carbocycles. The maximum Gasteiger partial charge on any atom is 0.338 e. The SMILES string of the molecule is CCCCOC(=O)C1=C(C)Nc2nc(SCCCC)nn2C1c1ccc(OCc2ccccc2C)cc1. The third-order valence-electron chi connectivity index (χ3n) is 6.36. The summed E-state index contributed by atoms with van der Waals surface area (Å²) in [6, 6.07) is 15.6. The van der Waals surface area contributed by atoms with E-state index < -0.39 is 6.04 Å². The van der Waals surface area contributed by atoms with Crippen LogP contribution in [0.3, 0.4) is 0 Å². The third kappa shape index (κ3) is 6.55. The van der Waals surface area contributed by atoms with E-state index in [2.05, 4.69) is 38.2 Å². The number of thioether (sulfide) groups is 1. The Bertz CT molecular complexity index is 1240. The lowest BCUT2D eigenvalue weighted by Gasteiger charge is -2.28. The fraction of sp³-hybridized carbons (Fsp3) is 0.414. The Hall–Kier alpha value is -3.26. The number of ether oxygens (including phenoxy) is 2. The maximum atomic E-state index is 13.2. The molecule has 1 aliphatic rings. The third-order valence-corrected chi connectivity index (χ3v) is 7.29. The van der Waals surface area contributed by atoms with E-state index in [1.807, 2.05) is 43.3 Å². The van der Waals surface area contributed by atoms with Crippen molar-refractivity contribution in [3.8, 4) is 5.75 Å². The predicted molar refractivity (Wildman–Crippen MR) is 148 cm³/mol. The van der Waals surface area contributed by atoms with Gasteiger partial charge >= 0.3 is 5.97 Å². The van der Waals surface area contributed by atoms with E-state index in [4.69, 9.17) is 19.6 Å². The van der Waals surface area contributed by atoms with Gasteiger partial charge in [-0.3, -0.25) is 0 Å². The molecular weight excluding hydrogens is 484 g/mol. The second-order valence-corrected chi connectivity index (χ2v) is 10.3. The summed E-state index contributed by atoms with van der Waals surface area (Å²) >= 11 is 1.63. The molecule has 1 atom stereocenters. The number of allylic oxidation sites excluding steroid dienone is 1. The zero-order valence-electron chi connectivity index (χ0n) is 22.1. The lowest BCUT2D eigenvalue weighted by atomic mass is 9.95. The topological polar surface area (TPSA) is 78.3 Å². The van der Waals surface area contributed by atoms with E-state index in [9.17, 15) is 4.79 Å². The summed E-state index contributed by atoms with van der Waals surface area (Å²) in [5.74, 6) is 2.02. The van der Waals surface area contributed by atoms with E-state index in [1.54, 1.807) is 16.4 Å². The largest absolute Gasteiger partial charge is 0.489 e. The smallest absolute Gasteiger partial charge is 0.338 e. The molecule has 0 fully saturated rings. The van der Waals surface area contributed by atoms with Crippen molar-refractivity contribution in [1.82, 2.24) is 14.8 Å². The van der Waals surface area contributed by atoms with Crippen LogP contribution in [0.5, 0.6) is 5.75 Å². The van der Waals surface area contributed by atoms with Crippen molar-refractivity contribution >= 4 is 23.7 Å². The number of esters is 1. The standard InChI is InChI=1S/C29H36N4O3S/c1-5-7-17-35-27(34)25-21(4)30-28-31-29(37-18-8-6-2)32-33(28)26(25)22-13-15-24(16-14-22)36-19-23-12-10-9-11-20(23)3/h9-16,26H,5-8,17-19H2,1-4H3,(H,30,31,32). The molecule has 8 heteroatoms. The van der Waals surface area contributed by atoms with Crippen LogP contribution in [0.4, 0.5) is 5.95 Å². The van der Waals surface area contributed by atoms with Gasteiger partial charge in [0.1, 0.15) is 18.4 Å². The Balaban J connectivity index is 1.60. The number of anilines is 1. The van der Waals surface area contributed by atoms with Gasteiger partial charge in [0.15, 0.2) is 0 Å². The summed E-state index contributed by atoms with van der Waals surface area (Å²) in [5.41, 5.74) is 4.55. The van der Waals surface area contributed by atoms with E-state index in [0.717, 1.165) is 54.0 Å². The van der Waals surface area contributed by atoms with Gasteiger partial charge in [-0.05, 0) is 55.5 Å². The molecule has 1 N–H and O–H groups in total. The van der Waals surface area contributed by atoms with Gasteiger partial charge in [0.2, 0.25) is 11.1 Å². The predicted octanol–water partition coefficient (Wildman–Crippen LogP) is 6.69. The Kier molecular flexibility index (Phi) is 9.28. The van der Waals surface area contributed by atoms with Gasteiger partial charge in [0.05, 0.1) is 12.2 Å². The summed E-state index contributed by atoms with van der Waals surface area (Å²) in [6.45, 7) is 9.11. The van der Waals surface area contributed by atoms with Crippen molar-refractivity contribution in [2.24, 2.45) is 0 Å². The van der Waals surface area contributed by atoms with Crippen LogP contribution in [0, 0.1) is 6.92 Å². The van der Waals surface area contributed by atoms with Gasteiger partial charge in [-0.15, -0.1) is 5.10 Å². The van der Waals surface area contributed by atoms with Crippen molar-refractivity contribution < 1.29 is 14.3 Å². The zero-order chi connectivity index (χ0) is 26.2. The van der Waals surface area contributed by atoms with Crippen LogP contribution in [0.25, 0.3) is 0 Å². The number of nitrogens with one attached hydrogen (secondary N) is 1. The number of benzene rings is 2. The lowest BCUT2D eigenvalue weighted by molar-refractivity contribution is -0.139. The number of aryl methyl sites for hydroxylation is 1. The number of hydrogen-bond acceptors (Lipinski definition) is 7. The first-order chi connectivity index (χ1) is 18.0. The number of rotatable bonds is 12. The minimum Gasteiger partial charge on any atom is -0.489 e. The van der Waals surface area contributed by atoms with Gasteiger partial charge in [-0.1, -0.05) is 74.8 Å². The van der Waals surface area contributed by atoms with Crippen molar-refractivity contribution in [3.05, 3.63) is 76.5 Å². The minimum atomic E-state index is -0.441. The number of carbonyl (C=O) groups excluding carboxylic acids is 1.